The van der Waals surface area contributed by atoms with Crippen molar-refractivity contribution in [3.8, 4) is 11.5 Å². The Morgan fingerprint density at radius 1 is 0.600 bits per heavy atom. The van der Waals surface area contributed by atoms with Gasteiger partial charge in [0, 0.05) is 0 Å². The first-order chi connectivity index (χ1) is 14.9. The minimum atomic E-state index is 0.655. The molecule has 7 rings (SSSR count). The summed E-state index contributed by atoms with van der Waals surface area (Å²) >= 11 is 0. The van der Waals surface area contributed by atoms with Crippen LogP contribution in [0, 0.1) is 0 Å². The molecular weight excluding hydrogens is 378 g/mol. The van der Waals surface area contributed by atoms with Crippen molar-refractivity contribution < 1.29 is 4.74 Å². The fraction of sp³-hybridized carbons (Fsp3) is 0. The van der Waals surface area contributed by atoms with Crippen LogP contribution in [0.1, 0.15) is 0 Å². The van der Waals surface area contributed by atoms with Crippen molar-refractivity contribution in [2.75, 3.05) is 4.90 Å². The van der Waals surface area contributed by atoms with E-state index in [4.69, 9.17) is 4.74 Å². The van der Waals surface area contributed by atoms with E-state index in [1.54, 1.807) is 12.7 Å². The van der Waals surface area contributed by atoms with E-state index in [9.17, 15) is 0 Å². The standard InChI is InChI=1S/C22H13N7O/c1-3-10-18-14(6-1)29(15-7-2-4-11-19(15)30-18)17-9-5-8-16-20(17)28-13-24-26-22(28)21-25-23-12-27(16)21/h1-13H. The van der Waals surface area contributed by atoms with Gasteiger partial charge in [0.1, 0.15) is 12.7 Å². The minimum Gasteiger partial charge on any atom is -0.453 e. The van der Waals surface area contributed by atoms with E-state index in [1.807, 2.05) is 57.3 Å². The highest BCUT2D eigenvalue weighted by atomic mass is 16.5. The zero-order chi connectivity index (χ0) is 19.7. The minimum absolute atomic E-state index is 0.655. The fourth-order valence-electron chi connectivity index (χ4n) is 4.22. The lowest BCUT2D eigenvalue weighted by molar-refractivity contribution is 0.477. The lowest BCUT2D eigenvalue weighted by atomic mass is 10.1. The monoisotopic (exact) mass is 391 g/mol. The van der Waals surface area contributed by atoms with Gasteiger partial charge in [0.25, 0.3) is 0 Å². The van der Waals surface area contributed by atoms with Crippen LogP contribution in [0.5, 0.6) is 11.5 Å². The maximum Gasteiger partial charge on any atom is 0.206 e. The van der Waals surface area contributed by atoms with Gasteiger partial charge in [-0.15, -0.1) is 20.4 Å². The molecule has 6 aromatic rings. The molecule has 0 aliphatic carbocycles. The van der Waals surface area contributed by atoms with Gasteiger partial charge in [0.2, 0.25) is 11.3 Å². The molecule has 8 heteroatoms. The summed E-state index contributed by atoms with van der Waals surface area (Å²) in [6.07, 6.45) is 3.42. The van der Waals surface area contributed by atoms with Crippen LogP contribution in [0.4, 0.5) is 17.1 Å². The molecule has 0 spiro atoms. The van der Waals surface area contributed by atoms with E-state index in [-0.39, 0.29) is 0 Å². The number of benzene rings is 3. The third-order valence-corrected chi connectivity index (χ3v) is 5.46. The van der Waals surface area contributed by atoms with Crippen molar-refractivity contribution in [2.24, 2.45) is 0 Å². The van der Waals surface area contributed by atoms with Crippen molar-refractivity contribution in [2.45, 2.75) is 0 Å². The average molecular weight is 391 g/mol. The Morgan fingerprint density at radius 3 is 1.93 bits per heavy atom. The van der Waals surface area contributed by atoms with Gasteiger partial charge in [-0.25, -0.2) is 0 Å². The van der Waals surface area contributed by atoms with E-state index < -0.39 is 0 Å². The summed E-state index contributed by atoms with van der Waals surface area (Å²) in [6.45, 7) is 0. The van der Waals surface area contributed by atoms with Gasteiger partial charge in [-0.2, -0.15) is 0 Å². The third kappa shape index (κ3) is 1.89. The Balaban J connectivity index is 1.66. The Labute approximate surface area is 169 Å². The number of ether oxygens (including phenoxy) is 1. The van der Waals surface area contributed by atoms with Crippen LogP contribution in [0.2, 0.25) is 0 Å². The smallest absolute Gasteiger partial charge is 0.206 e. The van der Waals surface area contributed by atoms with Crippen LogP contribution in [0.3, 0.4) is 0 Å². The first kappa shape index (κ1) is 15.5. The van der Waals surface area contributed by atoms with E-state index in [0.29, 0.717) is 11.3 Å². The number of hydrogen-bond donors (Lipinski definition) is 0. The van der Waals surface area contributed by atoms with Gasteiger partial charge in [0.15, 0.2) is 11.5 Å². The van der Waals surface area contributed by atoms with Crippen LogP contribution >= 0.6 is 0 Å². The Hall–Kier alpha value is -4.46. The second-order valence-corrected chi connectivity index (χ2v) is 7.07. The van der Waals surface area contributed by atoms with Crippen LogP contribution in [-0.4, -0.2) is 29.2 Å². The quantitative estimate of drug-likeness (QED) is 0.410. The summed E-state index contributed by atoms with van der Waals surface area (Å²) < 4.78 is 10.1. The summed E-state index contributed by atoms with van der Waals surface area (Å²) in [5, 5.41) is 16.8. The SMILES string of the molecule is c1ccc2c(c1)Oc1ccccc1N2c1cccc2c1n1cnnc1c1nncn21. The molecule has 4 heterocycles. The first-order valence-corrected chi connectivity index (χ1v) is 9.50. The summed E-state index contributed by atoms with van der Waals surface area (Å²) in [4.78, 5) is 2.21. The van der Waals surface area contributed by atoms with Crippen molar-refractivity contribution in [3.05, 3.63) is 79.4 Å². The maximum absolute atomic E-state index is 6.17. The Bertz CT molecular complexity index is 1550. The lowest BCUT2D eigenvalue weighted by Crippen LogP contribution is -2.17. The molecule has 0 saturated heterocycles. The number of anilines is 3. The Kier molecular flexibility index (Phi) is 2.86. The molecule has 0 amide bonds. The van der Waals surface area contributed by atoms with Gasteiger partial charge in [0.05, 0.1) is 28.1 Å². The van der Waals surface area contributed by atoms with Gasteiger partial charge in [-0.3, -0.25) is 8.80 Å². The number of aromatic nitrogens is 6. The van der Waals surface area contributed by atoms with Crippen molar-refractivity contribution in [3.63, 3.8) is 0 Å². The third-order valence-electron chi connectivity index (χ3n) is 5.46. The number of rotatable bonds is 1. The van der Waals surface area contributed by atoms with Gasteiger partial charge in [-0.05, 0) is 36.4 Å². The van der Waals surface area contributed by atoms with Crippen LogP contribution in [-0.2, 0) is 0 Å². The molecule has 0 bridgehead atoms. The molecular formula is C22H13N7O. The molecule has 8 nitrogen and oxygen atoms in total. The predicted molar refractivity (Wildman–Crippen MR) is 112 cm³/mol. The van der Waals surface area contributed by atoms with Crippen LogP contribution < -0.4 is 9.64 Å². The van der Waals surface area contributed by atoms with Crippen LogP contribution in [0.15, 0.2) is 79.4 Å². The predicted octanol–water partition coefficient (Wildman–Crippen LogP) is 4.50. The van der Waals surface area contributed by atoms with Gasteiger partial charge < -0.3 is 9.64 Å². The molecule has 1 aliphatic rings. The van der Waals surface area contributed by atoms with Gasteiger partial charge in [-0.1, -0.05) is 30.3 Å². The number of fused-ring (bicyclic) bond motifs is 8. The van der Waals surface area contributed by atoms with Crippen LogP contribution in [0.25, 0.3) is 22.3 Å². The van der Waals surface area contributed by atoms with E-state index in [1.165, 1.54) is 0 Å². The molecule has 3 aromatic carbocycles. The van der Waals surface area contributed by atoms with Crippen molar-refractivity contribution in [1.29, 1.82) is 0 Å². The lowest BCUT2D eigenvalue weighted by Gasteiger charge is -2.33. The van der Waals surface area contributed by atoms with E-state index >= 15 is 0 Å². The van der Waals surface area contributed by atoms with E-state index in [2.05, 4.69) is 43.5 Å². The number of nitrogens with zero attached hydrogens (tertiary/aromatic N) is 7. The molecule has 0 radical (unpaired) electrons. The topological polar surface area (TPSA) is 72.8 Å². The van der Waals surface area contributed by atoms with E-state index in [0.717, 1.165) is 39.6 Å². The summed E-state index contributed by atoms with van der Waals surface area (Å²) in [5.74, 6) is 1.61. The fourth-order valence-corrected chi connectivity index (χ4v) is 4.22. The molecule has 142 valence electrons. The molecule has 0 saturated carbocycles. The molecule has 1 aliphatic heterocycles. The zero-order valence-electron chi connectivity index (χ0n) is 15.5. The summed E-state index contributed by atoms with van der Waals surface area (Å²) in [7, 11) is 0. The molecule has 0 atom stereocenters. The summed E-state index contributed by atoms with van der Waals surface area (Å²) in [5.41, 5.74) is 6.15. The second-order valence-electron chi connectivity index (χ2n) is 7.07. The van der Waals surface area contributed by atoms with Crippen molar-refractivity contribution >= 4 is 39.4 Å². The maximum atomic E-state index is 6.17. The number of para-hydroxylation sites is 5. The highest BCUT2D eigenvalue weighted by molar-refractivity contribution is 6.00. The molecule has 0 fully saturated rings. The number of hydrogen-bond acceptors (Lipinski definition) is 6. The second kappa shape index (κ2) is 5.54. The molecule has 30 heavy (non-hydrogen) atoms. The van der Waals surface area contributed by atoms with Gasteiger partial charge >= 0.3 is 0 Å². The summed E-state index contributed by atoms with van der Waals surface area (Å²) in [6, 6.07) is 22.2. The first-order valence-electron chi connectivity index (χ1n) is 9.50. The normalized spacial score (nSPS) is 12.9. The van der Waals surface area contributed by atoms with Crippen molar-refractivity contribution in [1.82, 2.24) is 29.2 Å². The molecule has 0 N–H and O–H groups in total. The molecule has 3 aromatic heterocycles. The zero-order valence-corrected chi connectivity index (χ0v) is 15.5. The highest BCUT2D eigenvalue weighted by Crippen LogP contribution is 2.51. The Morgan fingerprint density at radius 2 is 1.20 bits per heavy atom. The average Bonchev–Trinajstić information content (AvgIpc) is 3.46. The largest absolute Gasteiger partial charge is 0.453 e. The highest BCUT2D eigenvalue weighted by Gasteiger charge is 2.27. The molecule has 0 unspecified atom stereocenters.